The van der Waals surface area contributed by atoms with E-state index in [-0.39, 0.29) is 0 Å². The standard InChI is InChI=1S/C8H11N5S/c1-12-7(2-4-10-12)3-5-13-6-9-11-8(13)14/h2,4,6H,3,5H2,1H3,(H,11,14). The first-order chi connectivity index (χ1) is 6.77. The molecule has 0 aliphatic rings. The van der Waals surface area contributed by atoms with E-state index in [0.717, 1.165) is 13.0 Å². The number of H-pyrrole nitrogens is 1. The molecular weight excluding hydrogens is 198 g/mol. The van der Waals surface area contributed by atoms with E-state index in [9.17, 15) is 0 Å². The van der Waals surface area contributed by atoms with Crippen molar-refractivity contribution in [1.82, 2.24) is 24.5 Å². The second-order valence-electron chi connectivity index (χ2n) is 3.05. The van der Waals surface area contributed by atoms with E-state index in [1.54, 1.807) is 12.5 Å². The second-order valence-corrected chi connectivity index (χ2v) is 3.44. The maximum Gasteiger partial charge on any atom is 0.194 e. The van der Waals surface area contributed by atoms with Crippen molar-refractivity contribution in [2.24, 2.45) is 7.05 Å². The van der Waals surface area contributed by atoms with E-state index >= 15 is 0 Å². The highest BCUT2D eigenvalue weighted by Crippen LogP contribution is 2.00. The number of nitrogens with one attached hydrogen (secondary N) is 1. The lowest BCUT2D eigenvalue weighted by Gasteiger charge is -2.01. The maximum absolute atomic E-state index is 5.04. The fourth-order valence-corrected chi connectivity index (χ4v) is 1.50. The number of nitrogens with zero attached hydrogens (tertiary/aromatic N) is 4. The SMILES string of the molecule is Cn1nccc1CCn1cn[nH]c1=S. The van der Waals surface area contributed by atoms with Gasteiger partial charge in [0.05, 0.1) is 0 Å². The summed E-state index contributed by atoms with van der Waals surface area (Å²) in [5.41, 5.74) is 1.19. The number of rotatable bonds is 3. The molecule has 2 aromatic rings. The summed E-state index contributed by atoms with van der Waals surface area (Å²) in [6.07, 6.45) is 4.41. The number of hydrogen-bond acceptors (Lipinski definition) is 3. The monoisotopic (exact) mass is 209 g/mol. The van der Waals surface area contributed by atoms with Gasteiger partial charge >= 0.3 is 0 Å². The summed E-state index contributed by atoms with van der Waals surface area (Å²) in [6.45, 7) is 0.828. The van der Waals surface area contributed by atoms with E-state index in [1.807, 2.05) is 22.4 Å². The summed E-state index contributed by atoms with van der Waals surface area (Å²) >= 11 is 5.04. The van der Waals surface area contributed by atoms with E-state index in [1.165, 1.54) is 5.69 Å². The largest absolute Gasteiger partial charge is 0.306 e. The Hall–Kier alpha value is -1.43. The Balaban J connectivity index is 2.05. The Labute approximate surface area is 86.4 Å². The molecule has 14 heavy (non-hydrogen) atoms. The number of hydrogen-bond donors (Lipinski definition) is 1. The third kappa shape index (κ3) is 1.74. The van der Waals surface area contributed by atoms with Crippen molar-refractivity contribution < 1.29 is 0 Å². The van der Waals surface area contributed by atoms with Gasteiger partial charge in [-0.3, -0.25) is 9.78 Å². The Morgan fingerprint density at radius 1 is 1.57 bits per heavy atom. The predicted octanol–water partition coefficient (Wildman–Crippen LogP) is 0.917. The fraction of sp³-hybridized carbons (Fsp3) is 0.375. The highest BCUT2D eigenvalue weighted by Gasteiger charge is 1.99. The third-order valence-electron chi connectivity index (χ3n) is 2.15. The Kier molecular flexibility index (Phi) is 2.45. The van der Waals surface area contributed by atoms with Crippen LogP contribution in [0.15, 0.2) is 18.6 Å². The van der Waals surface area contributed by atoms with Crippen LogP contribution in [0.1, 0.15) is 5.69 Å². The summed E-state index contributed by atoms with van der Waals surface area (Å²) in [5, 5.41) is 10.7. The van der Waals surface area contributed by atoms with Gasteiger partial charge in [0.15, 0.2) is 4.77 Å². The van der Waals surface area contributed by atoms with Crippen LogP contribution in [0.2, 0.25) is 0 Å². The van der Waals surface area contributed by atoms with Crippen LogP contribution in [0.4, 0.5) is 0 Å². The molecule has 6 heteroatoms. The third-order valence-corrected chi connectivity index (χ3v) is 2.48. The van der Waals surface area contributed by atoms with Crippen LogP contribution in [0, 0.1) is 4.77 Å². The minimum atomic E-state index is 0.659. The topological polar surface area (TPSA) is 51.4 Å². The zero-order valence-electron chi connectivity index (χ0n) is 7.84. The lowest BCUT2D eigenvalue weighted by atomic mass is 10.3. The fourth-order valence-electron chi connectivity index (χ4n) is 1.31. The second kappa shape index (κ2) is 3.75. The van der Waals surface area contributed by atoms with Gasteiger partial charge in [-0.05, 0) is 18.3 Å². The molecule has 1 N–H and O–H groups in total. The molecule has 2 aromatic heterocycles. The van der Waals surface area contributed by atoms with Crippen LogP contribution in [0.5, 0.6) is 0 Å². The zero-order valence-corrected chi connectivity index (χ0v) is 8.66. The number of aromatic amines is 1. The molecule has 0 amide bonds. The summed E-state index contributed by atoms with van der Waals surface area (Å²) in [4.78, 5) is 0. The molecule has 0 saturated heterocycles. The molecule has 0 bridgehead atoms. The molecule has 0 fully saturated rings. The van der Waals surface area contributed by atoms with Crippen LogP contribution in [0.3, 0.4) is 0 Å². The highest BCUT2D eigenvalue weighted by atomic mass is 32.1. The molecule has 0 aromatic carbocycles. The summed E-state index contributed by atoms with van der Waals surface area (Å²) in [7, 11) is 1.93. The first-order valence-electron chi connectivity index (χ1n) is 4.34. The van der Waals surface area contributed by atoms with Gasteiger partial charge in [-0.2, -0.15) is 10.2 Å². The van der Waals surface area contributed by atoms with Crippen LogP contribution in [-0.2, 0) is 20.0 Å². The van der Waals surface area contributed by atoms with E-state index in [0.29, 0.717) is 4.77 Å². The van der Waals surface area contributed by atoms with Gasteiger partial charge in [0.1, 0.15) is 6.33 Å². The van der Waals surface area contributed by atoms with Crippen LogP contribution in [0.25, 0.3) is 0 Å². The van der Waals surface area contributed by atoms with Gasteiger partial charge in [-0.25, -0.2) is 0 Å². The average molecular weight is 209 g/mol. The van der Waals surface area contributed by atoms with Crippen molar-refractivity contribution in [1.29, 1.82) is 0 Å². The zero-order chi connectivity index (χ0) is 9.97. The average Bonchev–Trinajstić information content (AvgIpc) is 2.72. The quantitative estimate of drug-likeness (QED) is 0.765. The van der Waals surface area contributed by atoms with E-state index in [2.05, 4.69) is 15.3 Å². The van der Waals surface area contributed by atoms with Gasteiger partial charge in [0, 0.05) is 31.9 Å². The molecule has 0 saturated carbocycles. The van der Waals surface area contributed by atoms with Gasteiger partial charge in [-0.1, -0.05) is 0 Å². The molecule has 74 valence electrons. The molecule has 0 aliphatic carbocycles. The van der Waals surface area contributed by atoms with Crippen molar-refractivity contribution in [3.8, 4) is 0 Å². The highest BCUT2D eigenvalue weighted by molar-refractivity contribution is 7.71. The maximum atomic E-state index is 5.04. The predicted molar refractivity (Wildman–Crippen MR) is 54.3 cm³/mol. The summed E-state index contributed by atoms with van der Waals surface area (Å²) in [5.74, 6) is 0. The van der Waals surface area contributed by atoms with Gasteiger partial charge in [-0.15, -0.1) is 0 Å². The van der Waals surface area contributed by atoms with Gasteiger partial charge in [0.2, 0.25) is 0 Å². The number of aromatic nitrogens is 5. The number of aryl methyl sites for hydroxylation is 3. The van der Waals surface area contributed by atoms with Crippen molar-refractivity contribution in [3.05, 3.63) is 29.1 Å². The molecule has 0 unspecified atom stereocenters. The Morgan fingerprint density at radius 3 is 3.00 bits per heavy atom. The van der Waals surface area contributed by atoms with Crippen LogP contribution in [-0.4, -0.2) is 24.5 Å². The molecule has 0 aliphatic heterocycles. The molecule has 0 spiro atoms. The summed E-state index contributed by atoms with van der Waals surface area (Å²) in [6, 6.07) is 2.00. The molecule has 0 atom stereocenters. The van der Waals surface area contributed by atoms with Crippen molar-refractivity contribution in [2.45, 2.75) is 13.0 Å². The molecule has 2 heterocycles. The van der Waals surface area contributed by atoms with Crippen molar-refractivity contribution >= 4 is 12.2 Å². The lowest BCUT2D eigenvalue weighted by Crippen LogP contribution is -2.04. The lowest BCUT2D eigenvalue weighted by molar-refractivity contribution is 0.631. The Morgan fingerprint density at radius 2 is 2.43 bits per heavy atom. The normalized spacial score (nSPS) is 10.6. The molecular formula is C8H11N5S. The van der Waals surface area contributed by atoms with Crippen LogP contribution >= 0.6 is 12.2 Å². The molecule has 2 rings (SSSR count). The molecule has 0 radical (unpaired) electrons. The van der Waals surface area contributed by atoms with E-state index < -0.39 is 0 Å². The van der Waals surface area contributed by atoms with Gasteiger partial charge in [0.25, 0.3) is 0 Å². The minimum absolute atomic E-state index is 0.659. The summed E-state index contributed by atoms with van der Waals surface area (Å²) < 4.78 is 4.43. The van der Waals surface area contributed by atoms with Crippen LogP contribution < -0.4 is 0 Å². The smallest absolute Gasteiger partial charge is 0.194 e. The van der Waals surface area contributed by atoms with Gasteiger partial charge < -0.3 is 4.57 Å². The Bertz CT molecular complexity index is 466. The van der Waals surface area contributed by atoms with Crippen molar-refractivity contribution in [3.63, 3.8) is 0 Å². The first kappa shape index (κ1) is 9.14. The molecule has 5 nitrogen and oxygen atoms in total. The minimum Gasteiger partial charge on any atom is -0.306 e. The van der Waals surface area contributed by atoms with Crippen molar-refractivity contribution in [2.75, 3.05) is 0 Å². The first-order valence-corrected chi connectivity index (χ1v) is 4.75. The van der Waals surface area contributed by atoms with E-state index in [4.69, 9.17) is 12.2 Å².